The van der Waals surface area contributed by atoms with E-state index >= 15 is 0 Å². The molecule has 2 aliphatic rings. The average molecular weight is 566 g/mol. The van der Waals surface area contributed by atoms with Crippen molar-refractivity contribution in [3.8, 4) is 22.8 Å². The van der Waals surface area contributed by atoms with Gasteiger partial charge in [-0.3, -0.25) is 4.79 Å². The molecule has 2 atom stereocenters. The Morgan fingerprint density at radius 1 is 1.20 bits per heavy atom. The number of hydrogen-bond acceptors (Lipinski definition) is 7. The standard InChI is InChI=1S/C30H43N5O4Si/c1-34(2)14-12-20-17-23(20)29(36)33-26-10-9-22-24(18-35(28(22)32-26)19-38-15-16-40(4,5)6)27-25(39-21-7-8-21)11-13-31-30(27)37-3/h9-11,13,18,20-21,23H,7-8,12,14-17,19H2,1-6H3,(H,32,33,36)/t20-,23-/m1/s1. The minimum absolute atomic E-state index is 0.0503. The van der Waals surface area contributed by atoms with Crippen molar-refractivity contribution in [2.45, 2.75) is 64.2 Å². The number of carbonyl (C=O) groups is 1. The van der Waals surface area contributed by atoms with Gasteiger partial charge in [-0.15, -0.1) is 0 Å². The van der Waals surface area contributed by atoms with Gasteiger partial charge in [-0.05, 0) is 76.5 Å². The first-order chi connectivity index (χ1) is 19.1. The molecule has 40 heavy (non-hydrogen) atoms. The summed E-state index contributed by atoms with van der Waals surface area (Å²) in [6, 6.07) is 6.87. The molecule has 0 saturated heterocycles. The number of ether oxygens (including phenoxy) is 3. The van der Waals surface area contributed by atoms with Gasteiger partial charge in [-0.1, -0.05) is 19.6 Å². The zero-order valence-corrected chi connectivity index (χ0v) is 25.7. The highest BCUT2D eigenvalue weighted by atomic mass is 28.3. The summed E-state index contributed by atoms with van der Waals surface area (Å²) in [6.07, 6.45) is 8.07. The van der Waals surface area contributed by atoms with E-state index < -0.39 is 8.07 Å². The van der Waals surface area contributed by atoms with Gasteiger partial charge >= 0.3 is 0 Å². The summed E-state index contributed by atoms with van der Waals surface area (Å²) in [5.41, 5.74) is 2.47. The van der Waals surface area contributed by atoms with Crippen LogP contribution in [-0.2, 0) is 16.3 Å². The smallest absolute Gasteiger partial charge is 0.228 e. The van der Waals surface area contributed by atoms with Crippen molar-refractivity contribution < 1.29 is 19.0 Å². The highest BCUT2D eigenvalue weighted by Crippen LogP contribution is 2.44. The first-order valence-electron chi connectivity index (χ1n) is 14.4. The van der Waals surface area contributed by atoms with Crippen molar-refractivity contribution in [2.24, 2.45) is 11.8 Å². The number of rotatable bonds is 14. The number of amides is 1. The number of aromatic nitrogens is 3. The number of anilines is 1. The fraction of sp³-hybridized carbons (Fsp3) is 0.567. The van der Waals surface area contributed by atoms with Gasteiger partial charge in [0.05, 0.1) is 18.8 Å². The lowest BCUT2D eigenvalue weighted by atomic mass is 10.1. The lowest BCUT2D eigenvalue weighted by molar-refractivity contribution is -0.117. The highest BCUT2D eigenvalue weighted by molar-refractivity contribution is 6.76. The largest absolute Gasteiger partial charge is 0.490 e. The minimum Gasteiger partial charge on any atom is -0.490 e. The van der Waals surface area contributed by atoms with E-state index in [4.69, 9.17) is 19.2 Å². The number of hydrogen-bond donors (Lipinski definition) is 1. The van der Waals surface area contributed by atoms with Gasteiger partial charge in [-0.25, -0.2) is 9.97 Å². The van der Waals surface area contributed by atoms with E-state index in [9.17, 15) is 4.79 Å². The SMILES string of the molecule is COc1nccc(OC2CC2)c1-c1cn(COCC[Si](C)(C)C)c2nc(NC(=O)[C@@H]3C[C@H]3CCN(C)C)ccc12. The van der Waals surface area contributed by atoms with Crippen LogP contribution >= 0.6 is 0 Å². The number of pyridine rings is 2. The predicted octanol–water partition coefficient (Wildman–Crippen LogP) is 5.49. The molecule has 0 bridgehead atoms. The van der Waals surface area contributed by atoms with Crippen LogP contribution in [0, 0.1) is 11.8 Å². The zero-order chi connectivity index (χ0) is 28.4. The van der Waals surface area contributed by atoms with Gasteiger partial charge in [0.1, 0.15) is 23.9 Å². The maximum absolute atomic E-state index is 13.0. The second kappa shape index (κ2) is 11.9. The molecule has 0 spiro atoms. The molecular formula is C30H43N5O4Si. The maximum atomic E-state index is 13.0. The number of carbonyl (C=O) groups excluding carboxylic acids is 1. The second-order valence-corrected chi connectivity index (χ2v) is 18.2. The van der Waals surface area contributed by atoms with Crippen molar-refractivity contribution >= 4 is 30.8 Å². The third-order valence-electron chi connectivity index (χ3n) is 7.57. The van der Waals surface area contributed by atoms with Crippen LogP contribution < -0.4 is 14.8 Å². The van der Waals surface area contributed by atoms with Crippen molar-refractivity contribution in [2.75, 3.05) is 39.7 Å². The Kier molecular flexibility index (Phi) is 8.49. The molecule has 9 nitrogen and oxygen atoms in total. The van der Waals surface area contributed by atoms with Crippen LogP contribution in [0.2, 0.25) is 25.7 Å². The molecule has 1 N–H and O–H groups in total. The van der Waals surface area contributed by atoms with E-state index in [0.717, 1.165) is 66.2 Å². The molecule has 3 heterocycles. The first kappa shape index (κ1) is 28.6. The third kappa shape index (κ3) is 7.02. The Balaban J connectivity index is 1.44. The summed E-state index contributed by atoms with van der Waals surface area (Å²) in [6.45, 7) is 9.09. The molecule has 3 aromatic heterocycles. The summed E-state index contributed by atoms with van der Waals surface area (Å²) in [5.74, 6) is 2.37. The quantitative estimate of drug-likeness (QED) is 0.204. The van der Waals surface area contributed by atoms with Crippen LogP contribution in [0.5, 0.6) is 11.6 Å². The van der Waals surface area contributed by atoms with Crippen molar-refractivity contribution in [1.82, 2.24) is 19.4 Å². The Hall–Kier alpha value is -2.95. The third-order valence-corrected chi connectivity index (χ3v) is 9.27. The van der Waals surface area contributed by atoms with Crippen LogP contribution in [0.15, 0.2) is 30.6 Å². The molecular weight excluding hydrogens is 522 g/mol. The number of methoxy groups -OCH3 is 1. The molecule has 3 aromatic rings. The van der Waals surface area contributed by atoms with Crippen molar-refractivity contribution in [3.05, 3.63) is 30.6 Å². The summed E-state index contributed by atoms with van der Waals surface area (Å²) in [4.78, 5) is 24.5. The van der Waals surface area contributed by atoms with Crippen molar-refractivity contribution in [1.29, 1.82) is 0 Å². The molecule has 0 aliphatic heterocycles. The predicted molar refractivity (Wildman–Crippen MR) is 161 cm³/mol. The van der Waals surface area contributed by atoms with E-state index in [2.05, 4.69) is 48.9 Å². The fourth-order valence-electron chi connectivity index (χ4n) is 4.90. The molecule has 0 aromatic carbocycles. The van der Waals surface area contributed by atoms with Crippen LogP contribution in [0.1, 0.15) is 25.7 Å². The molecule has 0 radical (unpaired) electrons. The number of fused-ring (bicyclic) bond motifs is 1. The Labute approximate surface area is 238 Å². The van der Waals surface area contributed by atoms with E-state index in [0.29, 0.717) is 31.0 Å². The lowest BCUT2D eigenvalue weighted by Gasteiger charge is -2.15. The molecule has 216 valence electrons. The van der Waals surface area contributed by atoms with Crippen LogP contribution in [0.4, 0.5) is 5.82 Å². The van der Waals surface area contributed by atoms with E-state index in [-0.39, 0.29) is 17.9 Å². The summed E-state index contributed by atoms with van der Waals surface area (Å²) < 4.78 is 20.1. The van der Waals surface area contributed by atoms with E-state index in [1.165, 1.54) is 0 Å². The summed E-state index contributed by atoms with van der Waals surface area (Å²) in [5, 5.41) is 4.00. The van der Waals surface area contributed by atoms with Gasteiger partial charge in [0.2, 0.25) is 11.8 Å². The topological polar surface area (TPSA) is 90.7 Å². The molecule has 10 heteroatoms. The normalized spacial score (nSPS) is 18.8. The monoisotopic (exact) mass is 565 g/mol. The van der Waals surface area contributed by atoms with Crippen LogP contribution in [0.25, 0.3) is 22.2 Å². The summed E-state index contributed by atoms with van der Waals surface area (Å²) >= 11 is 0. The molecule has 2 fully saturated rings. The molecule has 2 aliphatic carbocycles. The lowest BCUT2D eigenvalue weighted by Crippen LogP contribution is -2.22. The Morgan fingerprint density at radius 2 is 2.00 bits per heavy atom. The molecule has 1 amide bonds. The first-order valence-corrected chi connectivity index (χ1v) is 18.1. The minimum atomic E-state index is -1.22. The van der Waals surface area contributed by atoms with E-state index in [1.807, 2.05) is 29.0 Å². The second-order valence-electron chi connectivity index (χ2n) is 12.6. The summed E-state index contributed by atoms with van der Waals surface area (Å²) in [7, 11) is 4.54. The van der Waals surface area contributed by atoms with Crippen LogP contribution in [-0.4, -0.2) is 73.9 Å². The van der Waals surface area contributed by atoms with E-state index in [1.54, 1.807) is 13.3 Å². The van der Waals surface area contributed by atoms with Gasteiger partial charge in [0, 0.05) is 43.9 Å². The number of nitrogens with one attached hydrogen (secondary N) is 1. The average Bonchev–Trinajstić information content (AvgIpc) is 3.83. The van der Waals surface area contributed by atoms with Gasteiger partial charge in [0.25, 0.3) is 0 Å². The molecule has 0 unspecified atom stereocenters. The van der Waals surface area contributed by atoms with Crippen LogP contribution in [0.3, 0.4) is 0 Å². The molecule has 2 saturated carbocycles. The van der Waals surface area contributed by atoms with Gasteiger partial charge < -0.3 is 29.0 Å². The number of nitrogens with zero attached hydrogens (tertiary/aromatic N) is 4. The maximum Gasteiger partial charge on any atom is 0.228 e. The Morgan fingerprint density at radius 3 is 2.70 bits per heavy atom. The Bertz CT molecular complexity index is 1350. The van der Waals surface area contributed by atoms with Crippen molar-refractivity contribution in [3.63, 3.8) is 0 Å². The fourth-order valence-corrected chi connectivity index (χ4v) is 5.65. The van der Waals surface area contributed by atoms with Gasteiger partial charge in [-0.2, -0.15) is 0 Å². The zero-order valence-electron chi connectivity index (χ0n) is 24.7. The van der Waals surface area contributed by atoms with Gasteiger partial charge in [0.15, 0.2) is 0 Å². The molecule has 5 rings (SSSR count). The highest BCUT2D eigenvalue weighted by Gasteiger charge is 2.42.